The number of methoxy groups -OCH3 is 1. The fraction of sp³-hybridized carbons (Fsp3) is 0.483. The van der Waals surface area contributed by atoms with E-state index < -0.39 is 24.2 Å². The largest absolute Gasteiger partial charge is 0.458 e. The summed E-state index contributed by atoms with van der Waals surface area (Å²) in [5, 5.41) is 33.0. The number of amides is 1. The van der Waals surface area contributed by atoms with Gasteiger partial charge in [-0.1, -0.05) is 25.4 Å². The van der Waals surface area contributed by atoms with Crippen LogP contribution in [0.15, 0.2) is 18.3 Å². The third-order valence-corrected chi connectivity index (χ3v) is 7.52. The molecule has 3 atom stereocenters. The first kappa shape index (κ1) is 33.0. The Morgan fingerprint density at radius 1 is 1.27 bits per heavy atom. The number of alkyl carbamates (subject to hydrolysis) is 1. The quantitative estimate of drug-likeness (QED) is 0.223. The summed E-state index contributed by atoms with van der Waals surface area (Å²) in [5.74, 6) is 0.356. The third kappa shape index (κ3) is 8.00. The molecule has 3 heterocycles. The van der Waals surface area contributed by atoms with Crippen LogP contribution in [-0.4, -0.2) is 76.6 Å². The van der Waals surface area contributed by atoms with Crippen molar-refractivity contribution in [1.29, 1.82) is 10.5 Å². The first-order chi connectivity index (χ1) is 21.6. The summed E-state index contributed by atoms with van der Waals surface area (Å²) in [6.07, 6.45) is 1.08. The second-order valence-electron chi connectivity index (χ2n) is 11.0. The number of anilines is 4. The number of aromatic nitrogens is 4. The predicted molar refractivity (Wildman–Crippen MR) is 167 cm³/mol. The summed E-state index contributed by atoms with van der Waals surface area (Å²) < 4.78 is 12.0. The fourth-order valence-electron chi connectivity index (χ4n) is 5.16. The van der Waals surface area contributed by atoms with Gasteiger partial charge in [-0.25, -0.2) is 9.78 Å². The second-order valence-corrected chi connectivity index (χ2v) is 11.4. The molecule has 0 bridgehead atoms. The number of ether oxygens (including phenoxy) is 2. The minimum absolute atomic E-state index is 0.0298. The zero-order valence-electron chi connectivity index (χ0n) is 25.5. The maximum atomic E-state index is 12.9. The lowest BCUT2D eigenvalue weighted by Crippen LogP contribution is -2.56. The zero-order chi connectivity index (χ0) is 32.7. The van der Waals surface area contributed by atoms with Crippen LogP contribution >= 0.6 is 11.6 Å². The molecule has 5 N–H and O–H groups in total. The van der Waals surface area contributed by atoms with E-state index in [9.17, 15) is 20.1 Å². The number of nitrogens with one attached hydrogen (secondary N) is 3. The standard InChI is InChI=1S/C29H36ClN11O4/c1-5-34-26-27-35-14-19(13-32)41(27)39-28(38-26)36-21-9-17(12-31)10-22(25(21)30)40-7-6-20(37-29(43)44-4)23(15-40)45-24(42)11-18(33)8-16(2)3/h9-10,14,16,18,20,23H,5-8,11,15,33H2,1-4H3,(H,37,43)(H2,34,36,38,39)/t18-,20+,23+/m0/s1. The average molecular weight is 638 g/mol. The van der Waals surface area contributed by atoms with Crippen LogP contribution in [0, 0.1) is 28.6 Å². The van der Waals surface area contributed by atoms with Crippen molar-refractivity contribution in [2.24, 2.45) is 11.7 Å². The Balaban J connectivity index is 1.64. The number of halogens is 1. The lowest BCUT2D eigenvalue weighted by molar-refractivity contribution is -0.151. The summed E-state index contributed by atoms with van der Waals surface area (Å²) in [5.41, 5.74) is 7.87. The molecule has 1 aromatic carbocycles. The number of benzene rings is 1. The van der Waals surface area contributed by atoms with Crippen LogP contribution < -0.4 is 26.6 Å². The van der Waals surface area contributed by atoms with Gasteiger partial charge in [-0.05, 0) is 37.8 Å². The summed E-state index contributed by atoms with van der Waals surface area (Å²) in [7, 11) is 1.26. The van der Waals surface area contributed by atoms with Gasteiger partial charge in [-0.2, -0.15) is 20.0 Å². The molecule has 16 heteroatoms. The van der Waals surface area contributed by atoms with Crippen LogP contribution in [0.5, 0.6) is 0 Å². The molecule has 45 heavy (non-hydrogen) atoms. The van der Waals surface area contributed by atoms with Gasteiger partial charge in [0.15, 0.2) is 17.2 Å². The summed E-state index contributed by atoms with van der Waals surface area (Å²) in [6, 6.07) is 6.51. The van der Waals surface area contributed by atoms with E-state index in [4.69, 9.17) is 26.8 Å². The molecular weight excluding hydrogens is 602 g/mol. The summed E-state index contributed by atoms with van der Waals surface area (Å²) in [4.78, 5) is 35.6. The number of piperidine rings is 1. The molecule has 1 saturated heterocycles. The van der Waals surface area contributed by atoms with E-state index in [1.807, 2.05) is 31.7 Å². The van der Waals surface area contributed by atoms with Crippen LogP contribution in [0.3, 0.4) is 0 Å². The van der Waals surface area contributed by atoms with Gasteiger partial charge in [0.25, 0.3) is 0 Å². The Labute approximate surface area is 265 Å². The molecule has 1 aliphatic heterocycles. The first-order valence-corrected chi connectivity index (χ1v) is 14.9. The molecule has 0 unspecified atom stereocenters. The highest BCUT2D eigenvalue weighted by atomic mass is 35.5. The normalized spacial score (nSPS) is 16.9. The summed E-state index contributed by atoms with van der Waals surface area (Å²) >= 11 is 6.92. The van der Waals surface area contributed by atoms with Crippen molar-refractivity contribution in [2.75, 3.05) is 42.3 Å². The van der Waals surface area contributed by atoms with Gasteiger partial charge in [-0.15, -0.1) is 5.10 Å². The third-order valence-electron chi connectivity index (χ3n) is 7.12. The number of nitriles is 2. The molecule has 3 aromatic rings. The SMILES string of the molecule is CCNc1nc(Nc2cc(C#N)cc(N3CC[C@@H](NC(=O)OC)[C@H](OC(=O)C[C@@H](N)CC(C)C)C3)c2Cl)nn2c(C#N)cnc12. The van der Waals surface area contributed by atoms with Gasteiger partial charge < -0.3 is 36.1 Å². The minimum Gasteiger partial charge on any atom is -0.458 e. The van der Waals surface area contributed by atoms with Crippen LogP contribution in [0.2, 0.25) is 5.02 Å². The van der Waals surface area contributed by atoms with Gasteiger partial charge in [0, 0.05) is 19.1 Å². The van der Waals surface area contributed by atoms with Crippen LogP contribution in [0.1, 0.15) is 51.3 Å². The van der Waals surface area contributed by atoms with Gasteiger partial charge >= 0.3 is 12.1 Å². The summed E-state index contributed by atoms with van der Waals surface area (Å²) in [6.45, 7) is 7.07. The molecule has 0 saturated carbocycles. The van der Waals surface area contributed by atoms with E-state index in [2.05, 4.69) is 37.1 Å². The number of esters is 1. The number of rotatable bonds is 11. The first-order valence-electron chi connectivity index (χ1n) is 14.5. The molecular formula is C29H36ClN11O4. The van der Waals surface area contributed by atoms with E-state index in [0.717, 1.165) is 0 Å². The van der Waals surface area contributed by atoms with E-state index in [1.165, 1.54) is 17.8 Å². The highest BCUT2D eigenvalue weighted by Gasteiger charge is 2.35. The topological polar surface area (TPSA) is 209 Å². The second kappa shape index (κ2) is 14.7. The van der Waals surface area contributed by atoms with Crippen molar-refractivity contribution in [3.8, 4) is 12.1 Å². The Kier molecular flexibility index (Phi) is 10.8. The molecule has 1 amide bonds. The number of hydrogen-bond acceptors (Lipinski definition) is 13. The number of hydrogen-bond donors (Lipinski definition) is 4. The minimum atomic E-state index is -0.756. The maximum absolute atomic E-state index is 12.9. The number of nitrogens with zero attached hydrogens (tertiary/aromatic N) is 7. The van der Waals surface area contributed by atoms with Gasteiger partial charge in [-0.3, -0.25) is 4.79 Å². The molecule has 0 radical (unpaired) electrons. The molecule has 0 spiro atoms. The lowest BCUT2D eigenvalue weighted by Gasteiger charge is -2.39. The van der Waals surface area contributed by atoms with Crippen molar-refractivity contribution < 1.29 is 19.1 Å². The van der Waals surface area contributed by atoms with Crippen LogP contribution in [0.25, 0.3) is 5.65 Å². The molecule has 0 aliphatic carbocycles. The number of nitrogens with two attached hydrogens (primary N) is 1. The Morgan fingerprint density at radius 3 is 2.71 bits per heavy atom. The monoisotopic (exact) mass is 637 g/mol. The van der Waals surface area contributed by atoms with Crippen molar-refractivity contribution in [3.63, 3.8) is 0 Å². The predicted octanol–water partition coefficient (Wildman–Crippen LogP) is 3.31. The van der Waals surface area contributed by atoms with E-state index in [0.29, 0.717) is 60.3 Å². The maximum Gasteiger partial charge on any atom is 0.407 e. The van der Waals surface area contributed by atoms with Crippen LogP contribution in [0.4, 0.5) is 27.9 Å². The lowest BCUT2D eigenvalue weighted by atomic mass is 9.99. The van der Waals surface area contributed by atoms with Gasteiger partial charge in [0.05, 0.1) is 60.3 Å². The molecule has 4 rings (SSSR count). The number of carbonyl (C=O) groups is 2. The number of imidazole rings is 1. The molecule has 1 aliphatic rings. The number of fused-ring (bicyclic) bond motifs is 1. The fourth-order valence-corrected chi connectivity index (χ4v) is 5.44. The van der Waals surface area contributed by atoms with E-state index in [1.54, 1.807) is 12.1 Å². The zero-order valence-corrected chi connectivity index (χ0v) is 26.3. The van der Waals surface area contributed by atoms with Gasteiger partial charge in [0.2, 0.25) is 5.95 Å². The Morgan fingerprint density at radius 2 is 2.04 bits per heavy atom. The molecule has 1 fully saturated rings. The highest BCUT2D eigenvalue weighted by molar-refractivity contribution is 6.36. The van der Waals surface area contributed by atoms with E-state index in [-0.39, 0.29) is 35.7 Å². The van der Waals surface area contributed by atoms with Crippen LogP contribution in [-0.2, 0) is 14.3 Å². The molecule has 238 valence electrons. The molecule has 15 nitrogen and oxygen atoms in total. The van der Waals surface area contributed by atoms with Crippen molar-refractivity contribution in [3.05, 3.63) is 34.6 Å². The number of carbonyl (C=O) groups excluding carboxylic acids is 2. The van der Waals surface area contributed by atoms with Crippen molar-refractivity contribution in [2.45, 2.75) is 58.2 Å². The smallest absolute Gasteiger partial charge is 0.407 e. The van der Waals surface area contributed by atoms with Crippen molar-refractivity contribution in [1.82, 2.24) is 24.9 Å². The Bertz CT molecular complexity index is 1630. The van der Waals surface area contributed by atoms with Crippen molar-refractivity contribution >= 4 is 52.5 Å². The molecule has 2 aromatic heterocycles. The average Bonchev–Trinajstić information content (AvgIpc) is 3.42. The van der Waals surface area contributed by atoms with E-state index >= 15 is 0 Å². The Hall–Kier alpha value is -4.86. The van der Waals surface area contributed by atoms with Gasteiger partial charge in [0.1, 0.15) is 12.2 Å². The highest BCUT2D eigenvalue weighted by Crippen LogP contribution is 2.37.